The van der Waals surface area contributed by atoms with E-state index in [-0.39, 0.29) is 0 Å². The van der Waals surface area contributed by atoms with Gasteiger partial charge in [-0.2, -0.15) is 5.10 Å². The number of nitrogens with zero attached hydrogens (tertiary/aromatic N) is 6. The third-order valence-corrected chi connectivity index (χ3v) is 7.71. The highest BCUT2D eigenvalue weighted by molar-refractivity contribution is 5.91. The number of aromatic amines is 1. The Labute approximate surface area is 233 Å². The summed E-state index contributed by atoms with van der Waals surface area (Å²) < 4.78 is 0. The zero-order valence-corrected chi connectivity index (χ0v) is 22.1. The second-order valence-corrected chi connectivity index (χ2v) is 10.3. The summed E-state index contributed by atoms with van der Waals surface area (Å²) in [7, 11) is 0. The minimum absolute atomic E-state index is 0.397. The Morgan fingerprint density at radius 2 is 1.62 bits per heavy atom. The van der Waals surface area contributed by atoms with E-state index in [1.807, 2.05) is 42.7 Å². The Hall–Kier alpha value is -4.75. The second-order valence-electron chi connectivity index (χ2n) is 10.3. The van der Waals surface area contributed by atoms with Crippen LogP contribution in [0.3, 0.4) is 0 Å². The SMILES string of the molecule is c1ccc(-c2cc3ccncc3nc2-c2ccc(CN3CCC(c4nc(-c5ccccn5)n[nH]4)CC3)cc2)cc1. The maximum Gasteiger partial charge on any atom is 0.199 e. The Bertz CT molecular complexity index is 1720. The van der Waals surface area contributed by atoms with Gasteiger partial charge >= 0.3 is 0 Å². The topological polar surface area (TPSA) is 83.5 Å². The molecule has 0 aliphatic carbocycles. The summed E-state index contributed by atoms with van der Waals surface area (Å²) >= 11 is 0. The molecule has 7 rings (SSSR count). The van der Waals surface area contributed by atoms with Crippen molar-refractivity contribution in [2.75, 3.05) is 13.1 Å². The molecule has 7 heteroatoms. The van der Waals surface area contributed by atoms with Crippen molar-refractivity contribution in [3.05, 3.63) is 115 Å². The van der Waals surface area contributed by atoms with Crippen LogP contribution in [0.4, 0.5) is 0 Å². The molecule has 7 nitrogen and oxygen atoms in total. The van der Waals surface area contributed by atoms with Gasteiger partial charge in [-0.15, -0.1) is 0 Å². The third kappa shape index (κ3) is 4.99. The number of benzene rings is 2. The molecule has 0 atom stereocenters. The van der Waals surface area contributed by atoms with Crippen molar-refractivity contribution in [2.45, 2.75) is 25.3 Å². The Morgan fingerprint density at radius 1 is 0.800 bits per heavy atom. The van der Waals surface area contributed by atoms with Crippen LogP contribution in [0, 0.1) is 0 Å². The van der Waals surface area contributed by atoms with Gasteiger partial charge in [-0.25, -0.2) is 9.97 Å². The van der Waals surface area contributed by atoms with Crippen LogP contribution >= 0.6 is 0 Å². The van der Waals surface area contributed by atoms with Gasteiger partial charge in [-0.3, -0.25) is 20.0 Å². The van der Waals surface area contributed by atoms with Crippen LogP contribution < -0.4 is 0 Å². The molecule has 6 aromatic rings. The van der Waals surface area contributed by atoms with E-state index in [2.05, 4.69) is 79.7 Å². The molecule has 40 heavy (non-hydrogen) atoms. The van der Waals surface area contributed by atoms with Crippen molar-refractivity contribution in [3.63, 3.8) is 0 Å². The summed E-state index contributed by atoms with van der Waals surface area (Å²) in [4.78, 5) is 21.0. The summed E-state index contributed by atoms with van der Waals surface area (Å²) in [6.07, 6.45) is 7.55. The fourth-order valence-corrected chi connectivity index (χ4v) is 5.53. The number of likely N-dealkylation sites (tertiary alicyclic amines) is 1. The van der Waals surface area contributed by atoms with Gasteiger partial charge in [0.2, 0.25) is 0 Å². The molecule has 2 aromatic carbocycles. The molecule has 0 amide bonds. The highest BCUT2D eigenvalue weighted by atomic mass is 15.2. The predicted molar refractivity (Wildman–Crippen MR) is 157 cm³/mol. The second kappa shape index (κ2) is 10.8. The summed E-state index contributed by atoms with van der Waals surface area (Å²) in [5.74, 6) is 2.04. The van der Waals surface area contributed by atoms with Gasteiger partial charge < -0.3 is 0 Å². The van der Waals surface area contributed by atoms with Gasteiger partial charge in [0.05, 0.1) is 17.4 Å². The minimum atomic E-state index is 0.397. The number of H-pyrrole nitrogens is 1. The van der Waals surface area contributed by atoms with E-state index in [1.54, 1.807) is 6.20 Å². The molecule has 0 unspecified atom stereocenters. The number of piperidine rings is 1. The highest BCUT2D eigenvalue weighted by Crippen LogP contribution is 2.34. The maximum atomic E-state index is 5.03. The first-order valence-electron chi connectivity index (χ1n) is 13.8. The summed E-state index contributed by atoms with van der Waals surface area (Å²) in [5, 5.41) is 8.65. The number of aromatic nitrogens is 6. The van der Waals surface area contributed by atoms with E-state index in [1.165, 1.54) is 5.56 Å². The molecule has 0 saturated carbocycles. The largest absolute Gasteiger partial charge is 0.299 e. The van der Waals surface area contributed by atoms with Crippen LogP contribution in [0.5, 0.6) is 0 Å². The molecular formula is C33H29N7. The lowest BCUT2D eigenvalue weighted by molar-refractivity contribution is 0.202. The number of hydrogen-bond donors (Lipinski definition) is 1. The van der Waals surface area contributed by atoms with Crippen molar-refractivity contribution in [1.29, 1.82) is 0 Å². The molecule has 4 aromatic heterocycles. The summed E-state index contributed by atoms with van der Waals surface area (Å²) in [6, 6.07) is 29.4. The van der Waals surface area contributed by atoms with Gasteiger partial charge in [0.25, 0.3) is 0 Å². The first-order chi connectivity index (χ1) is 19.8. The maximum absolute atomic E-state index is 5.03. The van der Waals surface area contributed by atoms with Crippen LogP contribution in [0.25, 0.3) is 44.8 Å². The first kappa shape index (κ1) is 24.3. The van der Waals surface area contributed by atoms with Gasteiger partial charge in [-0.05, 0) is 61.3 Å². The number of fused-ring (bicyclic) bond motifs is 1. The van der Waals surface area contributed by atoms with Crippen molar-refractivity contribution in [2.24, 2.45) is 0 Å². The lowest BCUT2D eigenvalue weighted by atomic mass is 9.95. The Balaban J connectivity index is 1.05. The van der Waals surface area contributed by atoms with Gasteiger partial charge in [0.15, 0.2) is 5.82 Å². The average molecular weight is 524 g/mol. The molecule has 5 heterocycles. The molecule has 1 fully saturated rings. The number of nitrogens with one attached hydrogen (secondary N) is 1. The minimum Gasteiger partial charge on any atom is -0.299 e. The standard InChI is InChI=1S/C33H29N7/c1-2-6-24(7-3-1)28-20-27-13-17-34-21-30(27)36-31(28)25-11-9-23(10-12-25)22-40-18-14-26(15-19-40)32-37-33(39-38-32)29-8-4-5-16-35-29/h1-13,16-17,20-21,26H,14-15,18-19,22H2,(H,37,38,39). The fraction of sp³-hybridized carbons (Fsp3) is 0.182. The average Bonchev–Trinajstić information content (AvgIpc) is 3.53. The smallest absolute Gasteiger partial charge is 0.199 e. The predicted octanol–water partition coefficient (Wildman–Crippen LogP) is 6.52. The zero-order chi connectivity index (χ0) is 26.7. The van der Waals surface area contributed by atoms with E-state index in [4.69, 9.17) is 9.97 Å². The van der Waals surface area contributed by atoms with Crippen LogP contribution in [0.2, 0.25) is 0 Å². The zero-order valence-electron chi connectivity index (χ0n) is 22.1. The molecule has 0 radical (unpaired) electrons. The molecule has 0 spiro atoms. The third-order valence-electron chi connectivity index (χ3n) is 7.71. The number of hydrogen-bond acceptors (Lipinski definition) is 6. The fourth-order valence-electron chi connectivity index (χ4n) is 5.53. The van der Waals surface area contributed by atoms with Crippen LogP contribution in [0.15, 0.2) is 104 Å². The molecule has 0 bridgehead atoms. The van der Waals surface area contributed by atoms with Crippen molar-refractivity contribution >= 4 is 10.9 Å². The Kier molecular flexibility index (Phi) is 6.55. The van der Waals surface area contributed by atoms with E-state index in [9.17, 15) is 0 Å². The van der Waals surface area contributed by atoms with Crippen LogP contribution in [0.1, 0.15) is 30.1 Å². The van der Waals surface area contributed by atoms with Crippen molar-refractivity contribution in [3.8, 4) is 33.9 Å². The lowest BCUT2D eigenvalue weighted by Gasteiger charge is -2.31. The van der Waals surface area contributed by atoms with E-state index in [0.29, 0.717) is 11.7 Å². The summed E-state index contributed by atoms with van der Waals surface area (Å²) in [6.45, 7) is 3.00. The van der Waals surface area contributed by atoms with Crippen LogP contribution in [-0.2, 0) is 6.54 Å². The number of rotatable bonds is 6. The molecule has 1 aliphatic heterocycles. The monoisotopic (exact) mass is 523 g/mol. The first-order valence-corrected chi connectivity index (χ1v) is 13.8. The quantitative estimate of drug-likeness (QED) is 0.267. The van der Waals surface area contributed by atoms with Crippen LogP contribution in [-0.4, -0.2) is 48.1 Å². The van der Waals surface area contributed by atoms with Gasteiger partial charge in [0.1, 0.15) is 11.5 Å². The Morgan fingerprint density at radius 3 is 2.42 bits per heavy atom. The lowest BCUT2D eigenvalue weighted by Crippen LogP contribution is -2.32. The van der Waals surface area contributed by atoms with E-state index >= 15 is 0 Å². The van der Waals surface area contributed by atoms with Gasteiger partial charge in [-0.1, -0.05) is 60.7 Å². The highest BCUT2D eigenvalue weighted by Gasteiger charge is 2.24. The molecule has 1 N–H and O–H groups in total. The molecule has 1 saturated heterocycles. The molecule has 1 aliphatic rings. The van der Waals surface area contributed by atoms with E-state index in [0.717, 1.165) is 77.3 Å². The van der Waals surface area contributed by atoms with Crippen molar-refractivity contribution < 1.29 is 0 Å². The number of pyridine rings is 3. The van der Waals surface area contributed by atoms with Gasteiger partial charge in [0, 0.05) is 41.4 Å². The molecule has 196 valence electrons. The summed E-state index contributed by atoms with van der Waals surface area (Å²) in [5.41, 5.74) is 7.41. The normalized spacial score (nSPS) is 14.5. The van der Waals surface area contributed by atoms with E-state index < -0.39 is 0 Å². The molecular weight excluding hydrogens is 494 g/mol. The van der Waals surface area contributed by atoms with Crippen molar-refractivity contribution in [1.82, 2.24) is 35.0 Å².